The lowest BCUT2D eigenvalue weighted by atomic mass is 9.95. The van der Waals surface area contributed by atoms with E-state index in [9.17, 15) is 14.0 Å². The van der Waals surface area contributed by atoms with Gasteiger partial charge in [0.25, 0.3) is 0 Å². The molecule has 1 aliphatic heterocycles. The van der Waals surface area contributed by atoms with E-state index in [4.69, 9.17) is 0 Å². The van der Waals surface area contributed by atoms with Crippen LogP contribution in [0.25, 0.3) is 10.8 Å². The fourth-order valence-electron chi connectivity index (χ4n) is 4.36. The van der Waals surface area contributed by atoms with Crippen molar-refractivity contribution >= 4 is 22.6 Å². The summed E-state index contributed by atoms with van der Waals surface area (Å²) < 4.78 is 13.4. The largest absolute Gasteiger partial charge is 0.342 e. The maximum atomic E-state index is 13.4. The van der Waals surface area contributed by atoms with Gasteiger partial charge in [0, 0.05) is 33.1 Å². The van der Waals surface area contributed by atoms with Gasteiger partial charge < -0.3 is 9.80 Å². The number of likely N-dealkylation sites (tertiary alicyclic amines) is 1. The lowest BCUT2D eigenvalue weighted by Crippen LogP contribution is -2.46. The highest BCUT2D eigenvalue weighted by Gasteiger charge is 2.31. The molecule has 0 bridgehead atoms. The van der Waals surface area contributed by atoms with Crippen LogP contribution in [0.15, 0.2) is 66.7 Å². The molecule has 0 N–H and O–H groups in total. The molecule has 5 heteroatoms. The van der Waals surface area contributed by atoms with Gasteiger partial charge in [0.15, 0.2) is 0 Å². The number of piperidine rings is 1. The number of hydrogen-bond donors (Lipinski definition) is 0. The molecule has 3 aromatic carbocycles. The molecule has 1 unspecified atom stereocenters. The van der Waals surface area contributed by atoms with Crippen molar-refractivity contribution in [1.29, 1.82) is 0 Å². The first-order valence-electron chi connectivity index (χ1n) is 10.7. The molecular formula is C26H27FN2O2. The fraction of sp³-hybridized carbons (Fsp3) is 0.308. The van der Waals surface area contributed by atoms with Gasteiger partial charge in [-0.15, -0.1) is 0 Å². The minimum atomic E-state index is -0.273. The van der Waals surface area contributed by atoms with Gasteiger partial charge in [-0.1, -0.05) is 54.6 Å². The Bertz CT molecular complexity index is 1090. The van der Waals surface area contributed by atoms with Crippen LogP contribution in [0.3, 0.4) is 0 Å². The lowest BCUT2D eigenvalue weighted by Gasteiger charge is -2.34. The van der Waals surface area contributed by atoms with Crippen LogP contribution in [-0.2, 0) is 22.6 Å². The zero-order valence-electron chi connectivity index (χ0n) is 17.8. The molecule has 0 radical (unpaired) electrons. The Kier molecular flexibility index (Phi) is 6.31. The minimum absolute atomic E-state index is 0.0659. The molecule has 0 spiro atoms. The Balaban J connectivity index is 1.40. The van der Waals surface area contributed by atoms with E-state index in [1.807, 2.05) is 31.3 Å². The summed E-state index contributed by atoms with van der Waals surface area (Å²) in [4.78, 5) is 29.1. The second-order valence-electron chi connectivity index (χ2n) is 8.29. The first-order chi connectivity index (χ1) is 15.0. The van der Waals surface area contributed by atoms with E-state index in [1.165, 1.54) is 12.1 Å². The van der Waals surface area contributed by atoms with Gasteiger partial charge in [0.1, 0.15) is 5.82 Å². The van der Waals surface area contributed by atoms with E-state index >= 15 is 0 Å². The number of amides is 2. The van der Waals surface area contributed by atoms with E-state index in [1.54, 1.807) is 15.9 Å². The number of halogens is 1. The topological polar surface area (TPSA) is 40.6 Å². The maximum absolute atomic E-state index is 13.4. The quantitative estimate of drug-likeness (QED) is 0.595. The Morgan fingerprint density at radius 1 is 1.10 bits per heavy atom. The summed E-state index contributed by atoms with van der Waals surface area (Å²) in [6.07, 6.45) is 1.53. The van der Waals surface area contributed by atoms with Gasteiger partial charge >= 0.3 is 0 Å². The predicted octanol–water partition coefficient (Wildman–Crippen LogP) is 4.42. The van der Waals surface area contributed by atoms with Crippen LogP contribution in [0.5, 0.6) is 0 Å². The number of benzene rings is 3. The summed E-state index contributed by atoms with van der Waals surface area (Å²) in [6, 6.07) is 20.8. The van der Waals surface area contributed by atoms with Crippen molar-refractivity contribution in [2.24, 2.45) is 5.92 Å². The second-order valence-corrected chi connectivity index (χ2v) is 8.29. The first kappa shape index (κ1) is 21.0. The van der Waals surface area contributed by atoms with E-state index < -0.39 is 0 Å². The number of carbonyl (C=O) groups is 2. The molecule has 0 aromatic heterocycles. The van der Waals surface area contributed by atoms with Gasteiger partial charge in [-0.05, 0) is 46.9 Å². The number of rotatable bonds is 6. The van der Waals surface area contributed by atoms with E-state index in [0.29, 0.717) is 38.9 Å². The van der Waals surface area contributed by atoms with Crippen LogP contribution in [0.1, 0.15) is 24.0 Å². The monoisotopic (exact) mass is 418 g/mol. The van der Waals surface area contributed by atoms with Gasteiger partial charge in [0.05, 0.1) is 5.92 Å². The highest BCUT2D eigenvalue weighted by Crippen LogP contribution is 2.23. The molecule has 2 amide bonds. The SMILES string of the molecule is CN(Cc1cccc2ccccc12)C(=O)C1CCC(=O)N(CCc2cccc(F)c2)C1. The van der Waals surface area contributed by atoms with Gasteiger partial charge in [0.2, 0.25) is 11.8 Å². The normalized spacial score (nSPS) is 16.5. The number of hydrogen-bond acceptors (Lipinski definition) is 2. The average Bonchev–Trinajstić information content (AvgIpc) is 2.78. The molecule has 1 aliphatic rings. The van der Waals surface area contributed by atoms with E-state index in [-0.39, 0.29) is 23.5 Å². The minimum Gasteiger partial charge on any atom is -0.342 e. The summed E-state index contributed by atoms with van der Waals surface area (Å²) in [5.74, 6) is -0.343. The van der Waals surface area contributed by atoms with Crippen LogP contribution in [0.2, 0.25) is 0 Å². The molecular weight excluding hydrogens is 391 g/mol. The van der Waals surface area contributed by atoms with Crippen molar-refractivity contribution in [2.75, 3.05) is 20.1 Å². The third-order valence-electron chi connectivity index (χ3n) is 6.07. The maximum Gasteiger partial charge on any atom is 0.227 e. The molecule has 31 heavy (non-hydrogen) atoms. The summed E-state index contributed by atoms with van der Waals surface area (Å²) in [6.45, 7) is 1.46. The predicted molar refractivity (Wildman–Crippen MR) is 120 cm³/mol. The Morgan fingerprint density at radius 3 is 2.71 bits per heavy atom. The molecule has 1 atom stereocenters. The Labute approximate surface area is 182 Å². The zero-order valence-corrected chi connectivity index (χ0v) is 17.8. The lowest BCUT2D eigenvalue weighted by molar-refractivity contribution is -0.142. The molecule has 1 saturated heterocycles. The number of nitrogens with zero attached hydrogens (tertiary/aromatic N) is 2. The smallest absolute Gasteiger partial charge is 0.227 e. The third kappa shape index (κ3) is 4.93. The molecule has 0 saturated carbocycles. The zero-order chi connectivity index (χ0) is 21.8. The van der Waals surface area contributed by atoms with Crippen molar-refractivity contribution in [2.45, 2.75) is 25.8 Å². The average molecular weight is 419 g/mol. The van der Waals surface area contributed by atoms with Crippen molar-refractivity contribution < 1.29 is 14.0 Å². The molecule has 4 nitrogen and oxygen atoms in total. The standard InChI is InChI=1S/C26H27FN2O2/c1-28(17-21-9-5-8-20-7-2-3-11-24(20)21)26(31)22-12-13-25(30)29(18-22)15-14-19-6-4-10-23(27)16-19/h2-11,16,22H,12-15,17-18H2,1H3. The highest BCUT2D eigenvalue weighted by atomic mass is 19.1. The molecule has 1 fully saturated rings. The number of carbonyl (C=O) groups excluding carboxylic acids is 2. The second kappa shape index (κ2) is 9.29. The van der Waals surface area contributed by atoms with E-state index in [0.717, 1.165) is 21.9 Å². The van der Waals surface area contributed by atoms with Gasteiger partial charge in [-0.25, -0.2) is 4.39 Å². The van der Waals surface area contributed by atoms with Crippen LogP contribution in [0, 0.1) is 11.7 Å². The van der Waals surface area contributed by atoms with Crippen molar-refractivity contribution in [3.05, 3.63) is 83.7 Å². The van der Waals surface area contributed by atoms with Crippen LogP contribution in [0.4, 0.5) is 4.39 Å². The first-order valence-corrected chi connectivity index (χ1v) is 10.7. The molecule has 4 rings (SSSR count). The molecule has 160 valence electrons. The summed E-state index contributed by atoms with van der Waals surface area (Å²) in [5, 5.41) is 2.31. The molecule has 0 aliphatic carbocycles. The third-order valence-corrected chi connectivity index (χ3v) is 6.07. The van der Waals surface area contributed by atoms with E-state index in [2.05, 4.69) is 24.3 Å². The fourth-order valence-corrected chi connectivity index (χ4v) is 4.36. The Hall–Kier alpha value is -3.21. The van der Waals surface area contributed by atoms with Crippen molar-refractivity contribution in [3.63, 3.8) is 0 Å². The molecule has 3 aromatic rings. The van der Waals surface area contributed by atoms with Crippen LogP contribution >= 0.6 is 0 Å². The van der Waals surface area contributed by atoms with Crippen molar-refractivity contribution in [1.82, 2.24) is 9.80 Å². The van der Waals surface area contributed by atoms with Crippen LogP contribution < -0.4 is 0 Å². The van der Waals surface area contributed by atoms with Gasteiger partial charge in [-0.2, -0.15) is 0 Å². The summed E-state index contributed by atoms with van der Waals surface area (Å²) in [5.41, 5.74) is 1.97. The van der Waals surface area contributed by atoms with Crippen molar-refractivity contribution in [3.8, 4) is 0 Å². The summed E-state index contributed by atoms with van der Waals surface area (Å²) in [7, 11) is 1.83. The highest BCUT2D eigenvalue weighted by molar-refractivity contribution is 5.87. The Morgan fingerprint density at radius 2 is 1.87 bits per heavy atom. The van der Waals surface area contributed by atoms with Gasteiger partial charge in [-0.3, -0.25) is 9.59 Å². The number of fused-ring (bicyclic) bond motifs is 1. The summed E-state index contributed by atoms with van der Waals surface area (Å²) >= 11 is 0. The molecule has 1 heterocycles. The van der Waals surface area contributed by atoms with Crippen LogP contribution in [-0.4, -0.2) is 41.8 Å².